The zero-order valence-electron chi connectivity index (χ0n) is 15.8. The van der Waals surface area contributed by atoms with Gasteiger partial charge in [0.15, 0.2) is 0 Å². The number of nitrogens with zero attached hydrogens (tertiary/aromatic N) is 2. The van der Waals surface area contributed by atoms with E-state index in [-0.39, 0.29) is 17.7 Å². The second-order valence-corrected chi connectivity index (χ2v) is 8.00. The molecule has 0 atom stereocenters. The number of amides is 2. The Morgan fingerprint density at radius 1 is 0.966 bits per heavy atom. The summed E-state index contributed by atoms with van der Waals surface area (Å²) in [6.07, 6.45) is 0.951. The van der Waals surface area contributed by atoms with Crippen LogP contribution in [-0.4, -0.2) is 60.2 Å². The monoisotopic (exact) mass is 453 g/mol. The quantitative estimate of drug-likeness (QED) is 0.667. The van der Waals surface area contributed by atoms with Crippen molar-refractivity contribution in [2.24, 2.45) is 0 Å². The number of nitrogens with one attached hydrogen (secondary N) is 1. The first kappa shape index (κ1) is 21.9. The highest BCUT2D eigenvalue weighted by molar-refractivity contribution is 6.34. The second kappa shape index (κ2) is 10.3. The summed E-state index contributed by atoms with van der Waals surface area (Å²) >= 11 is 17.7. The fraction of sp³-hybridized carbons (Fsp3) is 0.333. The smallest absolute Gasteiger partial charge is 0.255 e. The van der Waals surface area contributed by atoms with E-state index in [4.69, 9.17) is 34.8 Å². The van der Waals surface area contributed by atoms with Gasteiger partial charge in [0.05, 0.1) is 10.6 Å². The van der Waals surface area contributed by atoms with Crippen LogP contribution in [0, 0.1) is 0 Å². The zero-order chi connectivity index (χ0) is 20.8. The Labute approximate surface area is 185 Å². The molecule has 1 heterocycles. The normalized spacial score (nSPS) is 14.7. The van der Waals surface area contributed by atoms with E-state index in [9.17, 15) is 9.59 Å². The van der Waals surface area contributed by atoms with Crippen LogP contribution >= 0.6 is 34.8 Å². The average Bonchev–Trinajstić information content (AvgIpc) is 2.73. The number of carbonyl (C=O) groups excluding carboxylic acids is 2. The van der Waals surface area contributed by atoms with Crippen LogP contribution < -0.4 is 5.32 Å². The van der Waals surface area contributed by atoms with Gasteiger partial charge < -0.3 is 10.2 Å². The number of alkyl halides is 1. The van der Waals surface area contributed by atoms with Gasteiger partial charge in [0.25, 0.3) is 5.91 Å². The lowest BCUT2D eigenvalue weighted by molar-refractivity contribution is -0.113. The Hall–Kier alpha value is -1.79. The van der Waals surface area contributed by atoms with E-state index in [1.54, 1.807) is 18.2 Å². The Morgan fingerprint density at radius 2 is 1.66 bits per heavy atom. The van der Waals surface area contributed by atoms with Crippen LogP contribution in [0.1, 0.15) is 15.9 Å². The lowest BCUT2D eigenvalue weighted by Crippen LogP contribution is -2.49. The third-order valence-corrected chi connectivity index (χ3v) is 5.70. The standard InChI is InChI=1S/C21H22Cl3N3O2/c22-14-20(28)25-17-5-6-18(19(24)13-17)21(29)27-11-9-26(10-12-27)8-7-15-1-3-16(23)4-2-15/h1-6,13H,7-12,14H2,(H,25,28). The molecular formula is C21H22Cl3N3O2. The van der Waals surface area contributed by atoms with Crippen molar-refractivity contribution in [2.75, 3.05) is 43.9 Å². The Kier molecular flexibility index (Phi) is 7.78. The van der Waals surface area contributed by atoms with Crippen LogP contribution in [0.25, 0.3) is 0 Å². The number of hydrogen-bond donors (Lipinski definition) is 1. The van der Waals surface area contributed by atoms with Crippen LogP contribution in [0.3, 0.4) is 0 Å². The van der Waals surface area contributed by atoms with Gasteiger partial charge >= 0.3 is 0 Å². The molecule has 3 rings (SSSR count). The van der Waals surface area contributed by atoms with Gasteiger partial charge in [-0.1, -0.05) is 35.3 Å². The zero-order valence-corrected chi connectivity index (χ0v) is 18.1. The molecule has 1 saturated heterocycles. The molecule has 0 aromatic heterocycles. The van der Waals surface area contributed by atoms with Gasteiger partial charge in [-0.05, 0) is 42.3 Å². The van der Waals surface area contributed by atoms with E-state index >= 15 is 0 Å². The maximum Gasteiger partial charge on any atom is 0.255 e. The first-order valence-corrected chi connectivity index (χ1v) is 10.7. The fourth-order valence-corrected chi connectivity index (χ4v) is 3.70. The first-order valence-electron chi connectivity index (χ1n) is 9.37. The largest absolute Gasteiger partial charge is 0.336 e. The van der Waals surface area contributed by atoms with Gasteiger partial charge in [-0.3, -0.25) is 14.5 Å². The van der Waals surface area contributed by atoms with Crippen molar-refractivity contribution in [3.63, 3.8) is 0 Å². The number of rotatable bonds is 6. The first-order chi connectivity index (χ1) is 14.0. The maximum absolute atomic E-state index is 12.8. The summed E-state index contributed by atoms with van der Waals surface area (Å²) in [7, 11) is 0. The third kappa shape index (κ3) is 6.09. The van der Waals surface area contributed by atoms with Crippen molar-refractivity contribution in [1.29, 1.82) is 0 Å². The summed E-state index contributed by atoms with van der Waals surface area (Å²) in [6, 6.07) is 12.8. The maximum atomic E-state index is 12.8. The molecule has 154 valence electrons. The molecule has 1 fully saturated rings. The number of carbonyl (C=O) groups is 2. The molecule has 0 spiro atoms. The Balaban J connectivity index is 1.51. The number of benzene rings is 2. The van der Waals surface area contributed by atoms with E-state index in [1.807, 2.05) is 29.2 Å². The summed E-state index contributed by atoms with van der Waals surface area (Å²) in [4.78, 5) is 28.4. The molecule has 2 amide bonds. The molecule has 2 aromatic rings. The van der Waals surface area contributed by atoms with Gasteiger partial charge in [0, 0.05) is 43.4 Å². The van der Waals surface area contributed by atoms with E-state index in [0.717, 1.165) is 31.1 Å². The van der Waals surface area contributed by atoms with E-state index in [0.29, 0.717) is 29.4 Å². The Bertz CT molecular complexity index is 866. The predicted octanol–water partition coefficient (Wildman–Crippen LogP) is 4.17. The fourth-order valence-electron chi connectivity index (χ4n) is 3.24. The minimum absolute atomic E-state index is 0.0948. The lowest BCUT2D eigenvalue weighted by atomic mass is 10.1. The molecule has 1 N–H and O–H groups in total. The van der Waals surface area contributed by atoms with E-state index in [1.165, 1.54) is 5.56 Å². The van der Waals surface area contributed by atoms with Gasteiger partial charge in [0.1, 0.15) is 5.88 Å². The average molecular weight is 455 g/mol. The van der Waals surface area contributed by atoms with Crippen LogP contribution in [-0.2, 0) is 11.2 Å². The minimum Gasteiger partial charge on any atom is -0.336 e. The molecule has 0 radical (unpaired) electrons. The van der Waals surface area contributed by atoms with Crippen molar-refractivity contribution in [3.8, 4) is 0 Å². The minimum atomic E-state index is -0.323. The topological polar surface area (TPSA) is 52.7 Å². The molecule has 0 bridgehead atoms. The van der Waals surface area contributed by atoms with Crippen LogP contribution in [0.15, 0.2) is 42.5 Å². The summed E-state index contributed by atoms with van der Waals surface area (Å²) in [5.74, 6) is -0.556. The van der Waals surface area contributed by atoms with E-state index in [2.05, 4.69) is 10.2 Å². The summed E-state index contributed by atoms with van der Waals surface area (Å²) in [5, 5.41) is 3.68. The Morgan fingerprint density at radius 3 is 2.28 bits per heavy atom. The van der Waals surface area contributed by atoms with Crippen LogP contribution in [0.2, 0.25) is 10.0 Å². The highest BCUT2D eigenvalue weighted by Gasteiger charge is 2.23. The predicted molar refractivity (Wildman–Crippen MR) is 118 cm³/mol. The molecule has 0 saturated carbocycles. The highest BCUT2D eigenvalue weighted by atomic mass is 35.5. The lowest BCUT2D eigenvalue weighted by Gasteiger charge is -2.35. The molecular weight excluding hydrogens is 433 g/mol. The number of hydrogen-bond acceptors (Lipinski definition) is 3. The molecule has 8 heteroatoms. The van der Waals surface area contributed by atoms with Gasteiger partial charge in [-0.2, -0.15) is 0 Å². The third-order valence-electron chi connectivity index (χ3n) is 4.89. The van der Waals surface area contributed by atoms with Crippen molar-refractivity contribution in [3.05, 3.63) is 63.6 Å². The molecule has 0 unspecified atom stereocenters. The highest BCUT2D eigenvalue weighted by Crippen LogP contribution is 2.23. The van der Waals surface area contributed by atoms with Gasteiger partial charge in [-0.25, -0.2) is 0 Å². The molecule has 5 nitrogen and oxygen atoms in total. The number of halogens is 3. The molecule has 29 heavy (non-hydrogen) atoms. The molecule has 2 aromatic carbocycles. The van der Waals surface area contributed by atoms with Gasteiger partial charge in [-0.15, -0.1) is 11.6 Å². The summed E-state index contributed by atoms with van der Waals surface area (Å²) in [5.41, 5.74) is 2.20. The van der Waals surface area contributed by atoms with Crippen molar-refractivity contribution in [2.45, 2.75) is 6.42 Å². The SMILES string of the molecule is O=C(CCl)Nc1ccc(C(=O)N2CCN(CCc3ccc(Cl)cc3)CC2)c(Cl)c1. The van der Waals surface area contributed by atoms with Crippen molar-refractivity contribution < 1.29 is 9.59 Å². The van der Waals surface area contributed by atoms with Crippen molar-refractivity contribution >= 4 is 52.3 Å². The summed E-state index contributed by atoms with van der Waals surface area (Å²) in [6.45, 7) is 3.89. The number of anilines is 1. The van der Waals surface area contributed by atoms with E-state index < -0.39 is 0 Å². The second-order valence-electron chi connectivity index (χ2n) is 6.89. The number of piperazine rings is 1. The van der Waals surface area contributed by atoms with Crippen molar-refractivity contribution in [1.82, 2.24) is 9.80 Å². The summed E-state index contributed by atoms with van der Waals surface area (Å²) < 4.78 is 0. The molecule has 1 aliphatic rings. The molecule has 1 aliphatic heterocycles. The van der Waals surface area contributed by atoms with Crippen LogP contribution in [0.4, 0.5) is 5.69 Å². The van der Waals surface area contributed by atoms with Gasteiger partial charge in [0.2, 0.25) is 5.91 Å². The van der Waals surface area contributed by atoms with Crippen LogP contribution in [0.5, 0.6) is 0 Å². The molecule has 0 aliphatic carbocycles.